The quantitative estimate of drug-likeness (QED) is 0.740. The number of anilines is 2. The summed E-state index contributed by atoms with van der Waals surface area (Å²) in [5, 5.41) is 0. The molecule has 0 spiro atoms. The molecule has 0 saturated heterocycles. The number of thioether (sulfide) groups is 1. The van der Waals surface area contributed by atoms with Crippen LogP contribution >= 0.6 is 11.8 Å². The first-order valence-corrected chi connectivity index (χ1v) is 6.03. The molecule has 2 N–H and O–H groups in total. The van der Waals surface area contributed by atoms with Crippen molar-refractivity contribution in [3.8, 4) is 0 Å². The van der Waals surface area contributed by atoms with Crippen LogP contribution in [0.25, 0.3) is 0 Å². The lowest BCUT2D eigenvalue weighted by Crippen LogP contribution is -2.34. The zero-order valence-corrected chi connectivity index (χ0v) is 9.51. The number of nitrogens with two attached hydrogens (primary N) is 1. The molecule has 1 heterocycles. The largest absolute Gasteiger partial charge is 0.399 e. The topological polar surface area (TPSA) is 46.3 Å². The Balaban J connectivity index is 2.40. The smallest absolute Gasteiger partial charge is 0.226 e. The number of benzene rings is 1. The molecule has 80 valence electrons. The molecule has 0 fully saturated rings. The average Bonchev–Trinajstić information content (AvgIpc) is 2.27. The van der Waals surface area contributed by atoms with E-state index in [1.807, 2.05) is 30.0 Å². The Morgan fingerprint density at radius 1 is 1.60 bits per heavy atom. The molecule has 1 aromatic rings. The van der Waals surface area contributed by atoms with Crippen LogP contribution in [0.5, 0.6) is 0 Å². The molecule has 0 aliphatic carbocycles. The normalized spacial score (nSPS) is 14.9. The van der Waals surface area contributed by atoms with Crippen LogP contribution in [0.2, 0.25) is 0 Å². The van der Waals surface area contributed by atoms with Crippen molar-refractivity contribution in [2.75, 3.05) is 22.9 Å². The molecule has 15 heavy (non-hydrogen) atoms. The Labute approximate surface area is 93.6 Å². The van der Waals surface area contributed by atoms with Crippen molar-refractivity contribution in [2.24, 2.45) is 0 Å². The van der Waals surface area contributed by atoms with Gasteiger partial charge in [-0.3, -0.25) is 4.79 Å². The second-order valence-electron chi connectivity index (χ2n) is 3.47. The lowest BCUT2D eigenvalue weighted by atomic mass is 10.2. The maximum atomic E-state index is 11.7. The van der Waals surface area contributed by atoms with Gasteiger partial charge in [0.25, 0.3) is 0 Å². The van der Waals surface area contributed by atoms with Crippen molar-refractivity contribution in [3.05, 3.63) is 18.2 Å². The molecule has 0 atom stereocenters. The van der Waals surface area contributed by atoms with Crippen LogP contribution < -0.4 is 10.6 Å². The Hall–Kier alpha value is -1.16. The number of nitrogen functional groups attached to an aromatic ring is 1. The van der Waals surface area contributed by atoms with Gasteiger partial charge < -0.3 is 10.6 Å². The van der Waals surface area contributed by atoms with Gasteiger partial charge in [0.1, 0.15) is 0 Å². The maximum absolute atomic E-state index is 11.7. The number of fused-ring (bicyclic) bond motifs is 1. The van der Waals surface area contributed by atoms with E-state index in [1.54, 1.807) is 11.8 Å². The zero-order chi connectivity index (χ0) is 10.8. The van der Waals surface area contributed by atoms with Gasteiger partial charge in [0, 0.05) is 29.3 Å². The van der Waals surface area contributed by atoms with Gasteiger partial charge in [-0.1, -0.05) is 6.92 Å². The van der Waals surface area contributed by atoms with Crippen molar-refractivity contribution in [2.45, 2.75) is 18.2 Å². The average molecular weight is 222 g/mol. The zero-order valence-electron chi connectivity index (χ0n) is 8.69. The van der Waals surface area contributed by atoms with Crippen molar-refractivity contribution in [3.63, 3.8) is 0 Å². The number of carbonyl (C=O) groups excluding carboxylic acids is 1. The summed E-state index contributed by atoms with van der Waals surface area (Å²) in [6.45, 7) is 2.67. The van der Waals surface area contributed by atoms with E-state index in [0.29, 0.717) is 12.1 Å². The molecule has 1 aliphatic heterocycles. The number of carbonyl (C=O) groups is 1. The molecule has 0 aromatic heterocycles. The molecular formula is C11H14N2OS. The highest BCUT2D eigenvalue weighted by Crippen LogP contribution is 2.36. The second-order valence-corrected chi connectivity index (χ2v) is 4.61. The van der Waals surface area contributed by atoms with E-state index in [9.17, 15) is 4.79 Å². The molecule has 0 unspecified atom stereocenters. The first-order chi connectivity index (χ1) is 7.22. The van der Waals surface area contributed by atoms with Crippen molar-refractivity contribution in [1.29, 1.82) is 0 Å². The van der Waals surface area contributed by atoms with Crippen molar-refractivity contribution in [1.82, 2.24) is 0 Å². The fraction of sp³-hybridized carbons (Fsp3) is 0.364. The molecule has 1 aromatic carbocycles. The van der Waals surface area contributed by atoms with E-state index in [1.165, 1.54) is 0 Å². The standard InChI is InChI=1S/C11H14N2OS/c1-2-11(14)13-5-6-15-10-4-3-8(12)7-9(10)13/h3-4,7H,2,5-6,12H2,1H3. The first-order valence-electron chi connectivity index (χ1n) is 5.05. The minimum absolute atomic E-state index is 0.169. The summed E-state index contributed by atoms with van der Waals surface area (Å²) in [7, 11) is 0. The van der Waals surface area contributed by atoms with Crippen molar-refractivity contribution >= 4 is 29.0 Å². The summed E-state index contributed by atoms with van der Waals surface area (Å²) in [5.74, 6) is 1.13. The third-order valence-corrected chi connectivity index (χ3v) is 3.49. The molecule has 0 bridgehead atoms. The minimum Gasteiger partial charge on any atom is -0.399 e. The third kappa shape index (κ3) is 1.95. The maximum Gasteiger partial charge on any atom is 0.226 e. The predicted octanol–water partition coefficient (Wildman–Crippen LogP) is 2.12. The highest BCUT2D eigenvalue weighted by Gasteiger charge is 2.21. The lowest BCUT2D eigenvalue weighted by Gasteiger charge is -2.29. The fourth-order valence-electron chi connectivity index (χ4n) is 1.68. The van der Waals surface area contributed by atoms with Crippen LogP contribution in [0.15, 0.2) is 23.1 Å². The molecule has 4 heteroatoms. The van der Waals surface area contributed by atoms with Crippen LogP contribution in [0, 0.1) is 0 Å². The van der Waals surface area contributed by atoms with E-state index in [2.05, 4.69) is 0 Å². The van der Waals surface area contributed by atoms with Crippen LogP contribution in [0.1, 0.15) is 13.3 Å². The fourth-order valence-corrected chi connectivity index (χ4v) is 2.66. The molecular weight excluding hydrogens is 208 g/mol. The monoisotopic (exact) mass is 222 g/mol. The molecule has 2 rings (SSSR count). The van der Waals surface area contributed by atoms with Gasteiger partial charge in [0.05, 0.1) is 5.69 Å². The van der Waals surface area contributed by atoms with Gasteiger partial charge in [-0.2, -0.15) is 0 Å². The molecule has 0 saturated carbocycles. The highest BCUT2D eigenvalue weighted by molar-refractivity contribution is 7.99. The summed E-state index contributed by atoms with van der Waals surface area (Å²) in [6, 6.07) is 5.76. The molecule has 0 radical (unpaired) electrons. The summed E-state index contributed by atoms with van der Waals surface area (Å²) in [5.41, 5.74) is 7.42. The Morgan fingerprint density at radius 3 is 3.13 bits per heavy atom. The number of nitrogens with zero attached hydrogens (tertiary/aromatic N) is 1. The summed E-state index contributed by atoms with van der Waals surface area (Å²) in [6.07, 6.45) is 0.541. The van der Waals surface area contributed by atoms with Crippen LogP contribution in [-0.2, 0) is 4.79 Å². The van der Waals surface area contributed by atoms with Gasteiger partial charge in [-0.05, 0) is 18.2 Å². The Bertz CT molecular complexity index is 392. The van der Waals surface area contributed by atoms with E-state index in [-0.39, 0.29) is 5.91 Å². The molecule has 3 nitrogen and oxygen atoms in total. The number of hydrogen-bond donors (Lipinski definition) is 1. The molecule has 1 aliphatic rings. The first kappa shape index (κ1) is 10.4. The number of amides is 1. The third-order valence-electron chi connectivity index (χ3n) is 2.45. The van der Waals surface area contributed by atoms with Gasteiger partial charge in [0.15, 0.2) is 0 Å². The number of rotatable bonds is 1. The van der Waals surface area contributed by atoms with Gasteiger partial charge in [-0.25, -0.2) is 0 Å². The van der Waals surface area contributed by atoms with Gasteiger partial charge >= 0.3 is 0 Å². The van der Waals surface area contributed by atoms with E-state index in [0.717, 1.165) is 22.9 Å². The van der Waals surface area contributed by atoms with E-state index >= 15 is 0 Å². The highest BCUT2D eigenvalue weighted by atomic mass is 32.2. The summed E-state index contributed by atoms with van der Waals surface area (Å²) in [4.78, 5) is 14.7. The molecule has 1 amide bonds. The Morgan fingerprint density at radius 2 is 2.40 bits per heavy atom. The predicted molar refractivity (Wildman–Crippen MR) is 64.2 cm³/mol. The Kier molecular flexibility index (Phi) is 2.86. The lowest BCUT2D eigenvalue weighted by molar-refractivity contribution is -0.118. The number of hydrogen-bond acceptors (Lipinski definition) is 3. The summed E-state index contributed by atoms with van der Waals surface area (Å²) >= 11 is 1.78. The van der Waals surface area contributed by atoms with Gasteiger partial charge in [0.2, 0.25) is 5.91 Å². The van der Waals surface area contributed by atoms with E-state index < -0.39 is 0 Å². The van der Waals surface area contributed by atoms with Crippen LogP contribution in [0.4, 0.5) is 11.4 Å². The minimum atomic E-state index is 0.169. The summed E-state index contributed by atoms with van der Waals surface area (Å²) < 4.78 is 0. The van der Waals surface area contributed by atoms with E-state index in [4.69, 9.17) is 5.73 Å². The van der Waals surface area contributed by atoms with Crippen LogP contribution in [0.3, 0.4) is 0 Å². The van der Waals surface area contributed by atoms with Crippen LogP contribution in [-0.4, -0.2) is 18.2 Å². The second kappa shape index (κ2) is 4.14. The SMILES string of the molecule is CCC(=O)N1CCSc2ccc(N)cc21. The van der Waals surface area contributed by atoms with Crippen molar-refractivity contribution < 1.29 is 4.79 Å². The van der Waals surface area contributed by atoms with Gasteiger partial charge in [-0.15, -0.1) is 11.8 Å².